The van der Waals surface area contributed by atoms with Crippen LogP contribution in [0.3, 0.4) is 0 Å². The fourth-order valence-corrected chi connectivity index (χ4v) is 3.20. The van der Waals surface area contributed by atoms with Crippen LogP contribution in [0.2, 0.25) is 5.02 Å². The van der Waals surface area contributed by atoms with Gasteiger partial charge in [0.25, 0.3) is 0 Å². The van der Waals surface area contributed by atoms with Gasteiger partial charge in [0.05, 0.1) is 25.5 Å². The highest BCUT2D eigenvalue weighted by atomic mass is 35.5. The Balaban J connectivity index is 2.08. The first kappa shape index (κ1) is 20.9. The number of amides is 1. The van der Waals surface area contributed by atoms with Gasteiger partial charge < -0.3 is 10.1 Å². The molecule has 0 bridgehead atoms. The van der Waals surface area contributed by atoms with Crippen molar-refractivity contribution in [3.63, 3.8) is 0 Å². The van der Waals surface area contributed by atoms with Crippen LogP contribution in [-0.4, -0.2) is 44.5 Å². The van der Waals surface area contributed by atoms with E-state index in [1.807, 2.05) is 0 Å². The highest BCUT2D eigenvalue weighted by Gasteiger charge is 2.21. The number of sulfonamides is 1. The average molecular weight is 411 g/mol. The molecule has 0 aromatic heterocycles. The number of nitrogens with one attached hydrogen (secondary N) is 1. The molecule has 0 aliphatic carbocycles. The molecule has 2 aromatic rings. The summed E-state index contributed by atoms with van der Waals surface area (Å²) in [6.45, 7) is -0.393. The van der Waals surface area contributed by atoms with Gasteiger partial charge in [-0.15, -0.1) is 0 Å². The van der Waals surface area contributed by atoms with Gasteiger partial charge in [-0.2, -0.15) is 4.31 Å². The van der Waals surface area contributed by atoms with Crippen LogP contribution >= 0.6 is 11.6 Å². The summed E-state index contributed by atoms with van der Waals surface area (Å²) >= 11 is 6.08. The molecule has 2 aromatic carbocycles. The number of hydrogen-bond acceptors (Lipinski definition) is 5. The van der Waals surface area contributed by atoms with Crippen molar-refractivity contribution in [2.75, 3.05) is 25.2 Å². The van der Waals surface area contributed by atoms with Crippen molar-refractivity contribution in [3.05, 3.63) is 64.7 Å². The second-order valence-corrected chi connectivity index (χ2v) is 8.13. The van der Waals surface area contributed by atoms with Gasteiger partial charge in [-0.25, -0.2) is 13.2 Å². The third-order valence-electron chi connectivity index (χ3n) is 3.68. The number of benzene rings is 2. The van der Waals surface area contributed by atoms with Crippen LogP contribution in [0.1, 0.15) is 15.9 Å². The van der Waals surface area contributed by atoms with Crippen LogP contribution < -0.4 is 5.32 Å². The fraction of sp³-hybridized carbons (Fsp3) is 0.222. The predicted molar refractivity (Wildman–Crippen MR) is 103 cm³/mol. The molecule has 9 heteroatoms. The van der Waals surface area contributed by atoms with Gasteiger partial charge in [-0.05, 0) is 35.9 Å². The lowest BCUT2D eigenvalue weighted by atomic mass is 10.2. The largest absolute Gasteiger partial charge is 0.465 e. The van der Waals surface area contributed by atoms with E-state index in [2.05, 4.69) is 10.1 Å². The van der Waals surface area contributed by atoms with E-state index in [4.69, 9.17) is 11.6 Å². The second-order valence-electron chi connectivity index (χ2n) is 5.74. The quantitative estimate of drug-likeness (QED) is 0.708. The van der Waals surface area contributed by atoms with E-state index in [9.17, 15) is 18.0 Å². The lowest BCUT2D eigenvalue weighted by Gasteiger charge is -2.20. The monoisotopic (exact) mass is 410 g/mol. The van der Waals surface area contributed by atoms with E-state index in [-0.39, 0.29) is 13.1 Å². The summed E-state index contributed by atoms with van der Waals surface area (Å²) in [7, 11) is -2.36. The van der Waals surface area contributed by atoms with E-state index >= 15 is 0 Å². The van der Waals surface area contributed by atoms with Crippen molar-refractivity contribution in [3.8, 4) is 0 Å². The molecule has 7 nitrogen and oxygen atoms in total. The summed E-state index contributed by atoms with van der Waals surface area (Å²) in [5.74, 6) is -1.01. The molecule has 1 amide bonds. The van der Waals surface area contributed by atoms with Crippen LogP contribution in [0.25, 0.3) is 0 Å². The molecule has 0 saturated heterocycles. The third kappa shape index (κ3) is 6.06. The highest BCUT2D eigenvalue weighted by molar-refractivity contribution is 7.88. The minimum Gasteiger partial charge on any atom is -0.465 e. The Morgan fingerprint density at radius 3 is 2.30 bits per heavy atom. The third-order valence-corrected chi connectivity index (χ3v) is 5.25. The Morgan fingerprint density at radius 1 is 1.11 bits per heavy atom. The van der Waals surface area contributed by atoms with Gasteiger partial charge in [0.2, 0.25) is 15.9 Å². The number of ether oxygens (including phenoxy) is 1. The van der Waals surface area contributed by atoms with Crippen molar-refractivity contribution in [2.45, 2.75) is 6.54 Å². The van der Waals surface area contributed by atoms with Crippen molar-refractivity contribution >= 4 is 39.2 Å². The molecule has 0 spiro atoms. The number of esters is 1. The molecule has 0 unspecified atom stereocenters. The lowest BCUT2D eigenvalue weighted by molar-refractivity contribution is -0.116. The maximum atomic E-state index is 12.3. The molecule has 2 rings (SSSR count). The smallest absolute Gasteiger partial charge is 0.337 e. The Kier molecular flexibility index (Phi) is 6.95. The standard InChI is InChI=1S/C18H19ClN2O5S/c1-26-18(23)13-7-9-15(10-8-13)20-17(22)12-21(27(2,24)25)11-14-5-3-4-6-16(14)19/h3-10H,11-12H2,1-2H3,(H,20,22). The van der Waals surface area contributed by atoms with E-state index in [0.717, 1.165) is 10.6 Å². The average Bonchev–Trinajstić information content (AvgIpc) is 2.62. The van der Waals surface area contributed by atoms with Gasteiger partial charge in [0, 0.05) is 17.3 Å². The van der Waals surface area contributed by atoms with E-state index in [1.54, 1.807) is 24.3 Å². The highest BCUT2D eigenvalue weighted by Crippen LogP contribution is 2.18. The zero-order valence-electron chi connectivity index (χ0n) is 14.8. The lowest BCUT2D eigenvalue weighted by Crippen LogP contribution is -2.37. The molecule has 0 aliphatic rings. The van der Waals surface area contributed by atoms with Crippen molar-refractivity contribution in [1.29, 1.82) is 0 Å². The summed E-state index contributed by atoms with van der Waals surface area (Å²) in [5, 5.41) is 3.02. The topological polar surface area (TPSA) is 92.8 Å². The summed E-state index contributed by atoms with van der Waals surface area (Å²) < 4.78 is 29.7. The van der Waals surface area contributed by atoms with Crippen LogP contribution in [0, 0.1) is 0 Å². The van der Waals surface area contributed by atoms with E-state index in [0.29, 0.717) is 21.8 Å². The van der Waals surface area contributed by atoms with Crippen molar-refractivity contribution in [1.82, 2.24) is 4.31 Å². The number of carbonyl (C=O) groups excluding carboxylic acids is 2. The molecular weight excluding hydrogens is 392 g/mol. The van der Waals surface area contributed by atoms with Gasteiger partial charge in [0.1, 0.15) is 0 Å². The number of methoxy groups -OCH3 is 1. The summed E-state index contributed by atoms with van der Waals surface area (Å²) in [6, 6.07) is 12.9. The summed E-state index contributed by atoms with van der Waals surface area (Å²) in [6.07, 6.45) is 1.03. The van der Waals surface area contributed by atoms with Gasteiger partial charge in [0.15, 0.2) is 0 Å². The van der Waals surface area contributed by atoms with Crippen LogP contribution in [0.4, 0.5) is 5.69 Å². The Hall–Kier alpha value is -2.42. The molecule has 0 saturated carbocycles. The van der Waals surface area contributed by atoms with Gasteiger partial charge in [-0.3, -0.25) is 4.79 Å². The molecule has 1 N–H and O–H groups in total. The van der Waals surface area contributed by atoms with Crippen LogP contribution in [-0.2, 0) is 26.1 Å². The molecule has 27 heavy (non-hydrogen) atoms. The maximum absolute atomic E-state index is 12.3. The molecular formula is C18H19ClN2O5S. The number of rotatable bonds is 7. The molecule has 0 atom stereocenters. The van der Waals surface area contributed by atoms with Crippen molar-refractivity contribution in [2.24, 2.45) is 0 Å². The zero-order chi connectivity index (χ0) is 20.0. The van der Waals surface area contributed by atoms with Gasteiger partial charge in [-0.1, -0.05) is 29.8 Å². The molecule has 0 heterocycles. The summed E-state index contributed by atoms with van der Waals surface area (Å²) in [4.78, 5) is 23.7. The number of carbonyl (C=O) groups is 2. The Labute approximate surface area is 162 Å². The first-order chi connectivity index (χ1) is 12.7. The Morgan fingerprint density at radius 2 is 1.74 bits per heavy atom. The number of hydrogen-bond donors (Lipinski definition) is 1. The minimum atomic E-state index is -3.64. The van der Waals surface area contributed by atoms with E-state index in [1.165, 1.54) is 31.4 Å². The van der Waals surface area contributed by atoms with Crippen LogP contribution in [0.15, 0.2) is 48.5 Å². The van der Waals surface area contributed by atoms with Crippen molar-refractivity contribution < 1.29 is 22.7 Å². The number of halogens is 1. The molecule has 0 fully saturated rings. The normalized spacial score (nSPS) is 11.3. The first-order valence-electron chi connectivity index (χ1n) is 7.87. The Bertz CT molecular complexity index is 929. The fourth-order valence-electron chi connectivity index (χ4n) is 2.28. The predicted octanol–water partition coefficient (Wildman–Crippen LogP) is 2.53. The molecule has 0 radical (unpaired) electrons. The first-order valence-corrected chi connectivity index (χ1v) is 10.1. The summed E-state index contributed by atoms with van der Waals surface area (Å²) in [5.41, 5.74) is 1.37. The second kappa shape index (κ2) is 8.98. The molecule has 0 aliphatic heterocycles. The SMILES string of the molecule is COC(=O)c1ccc(NC(=O)CN(Cc2ccccc2Cl)S(C)(=O)=O)cc1. The minimum absolute atomic E-state index is 0.0206. The van der Waals surface area contributed by atoms with Crippen LogP contribution in [0.5, 0.6) is 0 Å². The number of anilines is 1. The zero-order valence-corrected chi connectivity index (χ0v) is 16.4. The maximum Gasteiger partial charge on any atom is 0.337 e. The number of nitrogens with zero attached hydrogens (tertiary/aromatic N) is 1. The van der Waals surface area contributed by atoms with Gasteiger partial charge >= 0.3 is 5.97 Å². The molecule has 144 valence electrons. The van der Waals surface area contributed by atoms with E-state index < -0.39 is 21.9 Å².